The fourth-order valence-electron chi connectivity index (χ4n) is 1.34. The summed E-state index contributed by atoms with van der Waals surface area (Å²) in [6, 6.07) is 4.50. The third-order valence-electron chi connectivity index (χ3n) is 2.03. The minimum atomic E-state index is -0.262. The summed E-state index contributed by atoms with van der Waals surface area (Å²) in [5, 5.41) is 2.63. The molecule has 72 valence electrons. The van der Waals surface area contributed by atoms with Crippen molar-refractivity contribution in [1.82, 2.24) is 4.98 Å². The zero-order valence-corrected chi connectivity index (χ0v) is 9.44. The minimum absolute atomic E-state index is 0.262. The number of pyridine rings is 1. The van der Waals surface area contributed by atoms with Gasteiger partial charge in [-0.05, 0) is 29.1 Å². The summed E-state index contributed by atoms with van der Waals surface area (Å²) in [5.41, 5.74) is 0.934. The molecule has 0 radical (unpaired) electrons. The first kappa shape index (κ1) is 9.87. The van der Waals surface area contributed by atoms with E-state index in [4.69, 9.17) is 11.6 Å². The molecule has 1 aromatic heterocycles. The number of fused-ring (bicyclic) bond motifs is 1. The number of benzene rings is 1. The largest absolute Gasteiger partial charge is 0.244 e. The molecule has 4 heteroatoms. The highest BCUT2D eigenvalue weighted by Crippen LogP contribution is 2.26. The maximum Gasteiger partial charge on any atom is 0.136 e. The topological polar surface area (TPSA) is 12.9 Å². The molecular formula is C10H6BrClFN. The molecule has 0 N–H and O–H groups in total. The predicted molar refractivity (Wildman–Crippen MR) is 59.3 cm³/mol. The molecule has 1 heterocycles. The first-order valence-corrected chi connectivity index (χ1v) is 5.51. The van der Waals surface area contributed by atoms with Crippen LogP contribution in [0.4, 0.5) is 4.39 Å². The smallest absolute Gasteiger partial charge is 0.136 e. The SMILES string of the molecule is Fc1ccc2c(Cl)ncc(CBr)c2c1. The van der Waals surface area contributed by atoms with E-state index in [1.165, 1.54) is 12.1 Å². The standard InChI is InChI=1S/C10H6BrClFN/c11-4-6-5-14-10(12)8-2-1-7(13)3-9(6)8/h1-3,5H,4H2. The number of aromatic nitrogens is 1. The zero-order valence-electron chi connectivity index (χ0n) is 7.10. The van der Waals surface area contributed by atoms with Crippen LogP contribution in [-0.4, -0.2) is 4.98 Å². The average Bonchev–Trinajstić information content (AvgIpc) is 2.18. The molecule has 1 aromatic carbocycles. The Balaban J connectivity index is 2.85. The van der Waals surface area contributed by atoms with Gasteiger partial charge in [0.2, 0.25) is 0 Å². The quantitative estimate of drug-likeness (QED) is 0.567. The van der Waals surface area contributed by atoms with Gasteiger partial charge in [0, 0.05) is 16.9 Å². The Morgan fingerprint density at radius 1 is 1.36 bits per heavy atom. The van der Waals surface area contributed by atoms with Crippen LogP contribution >= 0.6 is 27.5 Å². The molecule has 0 spiro atoms. The number of hydrogen-bond donors (Lipinski definition) is 0. The molecule has 1 nitrogen and oxygen atoms in total. The van der Waals surface area contributed by atoms with Gasteiger partial charge in [-0.3, -0.25) is 0 Å². The lowest BCUT2D eigenvalue weighted by molar-refractivity contribution is 0.629. The van der Waals surface area contributed by atoms with Gasteiger partial charge in [-0.25, -0.2) is 9.37 Å². The van der Waals surface area contributed by atoms with E-state index in [1.54, 1.807) is 12.3 Å². The fourth-order valence-corrected chi connectivity index (χ4v) is 2.00. The summed E-state index contributed by atoms with van der Waals surface area (Å²) in [4.78, 5) is 4.02. The summed E-state index contributed by atoms with van der Waals surface area (Å²) in [6.45, 7) is 0. The molecule has 14 heavy (non-hydrogen) atoms. The predicted octanol–water partition coefficient (Wildman–Crippen LogP) is 3.92. The van der Waals surface area contributed by atoms with Crippen molar-refractivity contribution in [1.29, 1.82) is 0 Å². The molecule has 0 unspecified atom stereocenters. The van der Waals surface area contributed by atoms with E-state index in [9.17, 15) is 4.39 Å². The molecule has 2 rings (SSSR count). The van der Waals surface area contributed by atoms with Gasteiger partial charge in [-0.15, -0.1) is 0 Å². The molecule has 0 saturated carbocycles. The van der Waals surface area contributed by atoms with Crippen LogP contribution in [0.2, 0.25) is 5.15 Å². The zero-order chi connectivity index (χ0) is 10.1. The van der Waals surface area contributed by atoms with Crippen molar-refractivity contribution in [3.63, 3.8) is 0 Å². The molecule has 0 aliphatic heterocycles. The van der Waals surface area contributed by atoms with Crippen LogP contribution in [0.5, 0.6) is 0 Å². The molecule has 2 aromatic rings. The van der Waals surface area contributed by atoms with E-state index in [1.807, 2.05) is 0 Å². The first-order chi connectivity index (χ1) is 6.72. The Labute approximate surface area is 94.0 Å². The van der Waals surface area contributed by atoms with Gasteiger partial charge in [0.1, 0.15) is 11.0 Å². The van der Waals surface area contributed by atoms with Crippen LogP contribution in [0.1, 0.15) is 5.56 Å². The van der Waals surface area contributed by atoms with Crippen LogP contribution in [-0.2, 0) is 5.33 Å². The lowest BCUT2D eigenvalue weighted by atomic mass is 10.1. The summed E-state index contributed by atoms with van der Waals surface area (Å²) < 4.78 is 13.0. The van der Waals surface area contributed by atoms with Crippen molar-refractivity contribution in [2.45, 2.75) is 5.33 Å². The number of alkyl halides is 1. The Morgan fingerprint density at radius 2 is 2.14 bits per heavy atom. The molecule has 0 atom stereocenters. The van der Waals surface area contributed by atoms with E-state index >= 15 is 0 Å². The van der Waals surface area contributed by atoms with Gasteiger partial charge in [0.15, 0.2) is 0 Å². The van der Waals surface area contributed by atoms with Crippen molar-refractivity contribution in [3.05, 3.63) is 40.9 Å². The highest BCUT2D eigenvalue weighted by Gasteiger charge is 2.05. The Bertz CT molecular complexity index is 487. The molecule has 0 aliphatic carbocycles. The third kappa shape index (κ3) is 1.62. The van der Waals surface area contributed by atoms with Crippen molar-refractivity contribution in [3.8, 4) is 0 Å². The molecule has 0 aliphatic rings. The van der Waals surface area contributed by atoms with Gasteiger partial charge < -0.3 is 0 Å². The second kappa shape index (κ2) is 3.83. The molecule has 0 fully saturated rings. The van der Waals surface area contributed by atoms with Crippen molar-refractivity contribution in [2.24, 2.45) is 0 Å². The molecule has 0 saturated heterocycles. The molecular weight excluding hydrogens is 268 g/mol. The van der Waals surface area contributed by atoms with Crippen molar-refractivity contribution in [2.75, 3.05) is 0 Å². The van der Waals surface area contributed by atoms with Crippen LogP contribution in [0.3, 0.4) is 0 Å². The van der Waals surface area contributed by atoms with Gasteiger partial charge in [0.25, 0.3) is 0 Å². The lowest BCUT2D eigenvalue weighted by Crippen LogP contribution is -1.87. The normalized spacial score (nSPS) is 10.8. The van der Waals surface area contributed by atoms with Gasteiger partial charge in [-0.1, -0.05) is 27.5 Å². The highest BCUT2D eigenvalue weighted by atomic mass is 79.9. The molecule has 0 bridgehead atoms. The van der Waals surface area contributed by atoms with E-state index in [0.29, 0.717) is 10.5 Å². The van der Waals surface area contributed by atoms with Crippen LogP contribution in [0.15, 0.2) is 24.4 Å². The first-order valence-electron chi connectivity index (χ1n) is 4.01. The van der Waals surface area contributed by atoms with Gasteiger partial charge in [0.05, 0.1) is 0 Å². The fraction of sp³-hybridized carbons (Fsp3) is 0.100. The number of halogens is 3. The highest BCUT2D eigenvalue weighted by molar-refractivity contribution is 9.08. The number of hydrogen-bond acceptors (Lipinski definition) is 1. The van der Waals surface area contributed by atoms with E-state index in [-0.39, 0.29) is 5.82 Å². The Hall–Kier alpha value is -0.670. The van der Waals surface area contributed by atoms with Crippen LogP contribution in [0.25, 0.3) is 10.8 Å². The van der Waals surface area contributed by atoms with E-state index in [0.717, 1.165) is 16.3 Å². The van der Waals surface area contributed by atoms with Crippen molar-refractivity contribution >= 4 is 38.3 Å². The summed E-state index contributed by atoms with van der Waals surface area (Å²) in [5.74, 6) is -0.262. The Kier molecular flexibility index (Phi) is 2.70. The summed E-state index contributed by atoms with van der Waals surface area (Å²) >= 11 is 9.21. The maximum atomic E-state index is 13.0. The van der Waals surface area contributed by atoms with E-state index in [2.05, 4.69) is 20.9 Å². The number of rotatable bonds is 1. The summed E-state index contributed by atoms with van der Waals surface area (Å²) in [7, 11) is 0. The minimum Gasteiger partial charge on any atom is -0.244 e. The average molecular weight is 275 g/mol. The summed E-state index contributed by atoms with van der Waals surface area (Å²) in [6.07, 6.45) is 1.65. The lowest BCUT2D eigenvalue weighted by Gasteiger charge is -2.04. The monoisotopic (exact) mass is 273 g/mol. The third-order valence-corrected chi connectivity index (χ3v) is 2.93. The second-order valence-electron chi connectivity index (χ2n) is 2.90. The van der Waals surface area contributed by atoms with Crippen LogP contribution < -0.4 is 0 Å². The molecule has 0 amide bonds. The maximum absolute atomic E-state index is 13.0. The number of nitrogens with zero attached hydrogens (tertiary/aromatic N) is 1. The Morgan fingerprint density at radius 3 is 2.86 bits per heavy atom. The van der Waals surface area contributed by atoms with Gasteiger partial charge >= 0.3 is 0 Å². The van der Waals surface area contributed by atoms with E-state index < -0.39 is 0 Å². The van der Waals surface area contributed by atoms with Crippen molar-refractivity contribution < 1.29 is 4.39 Å². The van der Waals surface area contributed by atoms with Crippen LogP contribution in [0, 0.1) is 5.82 Å². The van der Waals surface area contributed by atoms with Gasteiger partial charge in [-0.2, -0.15) is 0 Å². The second-order valence-corrected chi connectivity index (χ2v) is 3.82.